The number of aliphatic hydroxyl groups is 1. The van der Waals surface area contributed by atoms with Gasteiger partial charge in [-0.05, 0) is 32.9 Å². The molecular weight excluding hydrogens is 470 g/mol. The van der Waals surface area contributed by atoms with E-state index in [4.69, 9.17) is 16.3 Å². The first kappa shape index (κ1) is 25.1. The van der Waals surface area contributed by atoms with Crippen molar-refractivity contribution in [3.8, 4) is 17.0 Å². The molecule has 4 N–H and O–H groups in total. The molecule has 3 unspecified atom stereocenters. The largest absolute Gasteiger partial charge is 0.480 e. The molecule has 1 aliphatic rings. The van der Waals surface area contributed by atoms with Gasteiger partial charge in [0.1, 0.15) is 17.1 Å². The molecule has 0 saturated carbocycles. The van der Waals surface area contributed by atoms with Gasteiger partial charge in [-0.2, -0.15) is 13.2 Å². The van der Waals surface area contributed by atoms with Gasteiger partial charge in [-0.15, -0.1) is 11.6 Å². The molecule has 1 aliphatic heterocycles. The summed E-state index contributed by atoms with van der Waals surface area (Å²) >= 11 is 6.09. The van der Waals surface area contributed by atoms with Crippen molar-refractivity contribution in [1.29, 1.82) is 0 Å². The topological polar surface area (TPSA) is 108 Å². The third-order valence-corrected chi connectivity index (χ3v) is 5.54. The minimum Gasteiger partial charge on any atom is -0.480 e. The van der Waals surface area contributed by atoms with Crippen LogP contribution in [0.2, 0.25) is 0 Å². The van der Waals surface area contributed by atoms with E-state index in [0.29, 0.717) is 5.69 Å². The van der Waals surface area contributed by atoms with E-state index in [1.54, 1.807) is 13.8 Å². The number of hydrazine groups is 1. The Morgan fingerprint density at radius 1 is 1.36 bits per heavy atom. The molecule has 2 aromatic rings. The molecule has 0 bridgehead atoms. The number of amides is 1. The molecular formula is C20H22ClF4N5O3. The summed E-state index contributed by atoms with van der Waals surface area (Å²) in [5, 5.41) is 12.0. The second-order valence-electron chi connectivity index (χ2n) is 7.55. The second kappa shape index (κ2) is 9.75. The number of aromatic nitrogens is 2. The number of nitrogens with one attached hydrogen (secondary N) is 3. The number of alkyl halides is 4. The Balaban J connectivity index is 2.05. The number of nitrogens with zero attached hydrogens (tertiary/aromatic N) is 2. The predicted octanol–water partition coefficient (Wildman–Crippen LogP) is 2.57. The van der Waals surface area contributed by atoms with E-state index in [9.17, 15) is 23.1 Å². The molecule has 180 valence electrons. The van der Waals surface area contributed by atoms with Gasteiger partial charge in [-0.1, -0.05) is 0 Å². The quantitative estimate of drug-likeness (QED) is 0.279. The van der Waals surface area contributed by atoms with Crippen molar-refractivity contribution in [2.75, 3.05) is 0 Å². The van der Waals surface area contributed by atoms with Crippen LogP contribution in [0, 0.1) is 12.7 Å². The summed E-state index contributed by atoms with van der Waals surface area (Å²) in [6, 6.07) is 0.788. The highest BCUT2D eigenvalue weighted by atomic mass is 35.5. The van der Waals surface area contributed by atoms with Crippen LogP contribution in [0.5, 0.6) is 5.75 Å². The summed E-state index contributed by atoms with van der Waals surface area (Å²) < 4.78 is 59.5. The number of rotatable bonds is 6. The molecule has 4 atom stereocenters. The van der Waals surface area contributed by atoms with Crippen molar-refractivity contribution in [3.05, 3.63) is 41.1 Å². The van der Waals surface area contributed by atoms with E-state index in [1.165, 1.54) is 6.20 Å². The molecule has 2 heterocycles. The van der Waals surface area contributed by atoms with Crippen molar-refractivity contribution in [2.45, 2.75) is 57.2 Å². The number of hydrogen-bond acceptors (Lipinski definition) is 7. The summed E-state index contributed by atoms with van der Waals surface area (Å²) in [7, 11) is 0. The summed E-state index contributed by atoms with van der Waals surface area (Å²) in [5.74, 6) is -2.31. The number of benzene rings is 1. The first-order valence-electron chi connectivity index (χ1n) is 9.89. The third kappa shape index (κ3) is 5.52. The summed E-state index contributed by atoms with van der Waals surface area (Å²) in [4.78, 5) is 21.0. The van der Waals surface area contributed by atoms with Gasteiger partial charge in [0.25, 0.3) is 5.91 Å². The Hall–Kier alpha value is -2.54. The Morgan fingerprint density at radius 2 is 2.06 bits per heavy atom. The molecule has 8 nitrogen and oxygen atoms in total. The van der Waals surface area contributed by atoms with Crippen molar-refractivity contribution >= 4 is 17.5 Å². The Morgan fingerprint density at radius 3 is 2.64 bits per heavy atom. The molecule has 1 fully saturated rings. The molecule has 13 heteroatoms. The number of carbonyl (C=O) groups is 1. The molecule has 0 spiro atoms. The predicted molar refractivity (Wildman–Crippen MR) is 111 cm³/mol. The monoisotopic (exact) mass is 491 g/mol. The minimum atomic E-state index is -4.73. The molecule has 3 rings (SSSR count). The average Bonchev–Trinajstić information content (AvgIpc) is 3.06. The Kier molecular flexibility index (Phi) is 7.42. The molecule has 0 radical (unpaired) electrons. The second-order valence-corrected chi connectivity index (χ2v) is 8.02. The van der Waals surface area contributed by atoms with Crippen molar-refractivity contribution < 1.29 is 32.2 Å². The first-order valence-corrected chi connectivity index (χ1v) is 10.3. The molecule has 33 heavy (non-hydrogen) atoms. The normalized spacial score (nSPS) is 21.7. The lowest BCUT2D eigenvalue weighted by Crippen LogP contribution is -2.45. The maximum Gasteiger partial charge on any atom is 0.425 e. The lowest BCUT2D eigenvalue weighted by atomic mass is 10.0. The Bertz CT molecular complexity index is 1030. The summed E-state index contributed by atoms with van der Waals surface area (Å²) in [6.45, 7) is 3.61. The highest BCUT2D eigenvalue weighted by molar-refractivity contribution is 6.21. The van der Waals surface area contributed by atoms with Crippen LogP contribution < -0.4 is 20.9 Å². The van der Waals surface area contributed by atoms with Crippen LogP contribution in [0.15, 0.2) is 18.3 Å². The minimum absolute atomic E-state index is 0.0442. The third-order valence-electron chi connectivity index (χ3n) is 5.16. The number of aliphatic hydroxyl groups excluding tert-OH is 1. The zero-order valence-electron chi connectivity index (χ0n) is 17.8. The van der Waals surface area contributed by atoms with Crippen LogP contribution in [-0.4, -0.2) is 50.8 Å². The molecule has 1 amide bonds. The average molecular weight is 492 g/mol. The van der Waals surface area contributed by atoms with Crippen LogP contribution >= 0.6 is 11.6 Å². The van der Waals surface area contributed by atoms with Crippen molar-refractivity contribution in [3.63, 3.8) is 0 Å². The van der Waals surface area contributed by atoms with Crippen LogP contribution in [0.1, 0.15) is 35.6 Å². The van der Waals surface area contributed by atoms with Gasteiger partial charge in [-0.25, -0.2) is 14.8 Å². The van der Waals surface area contributed by atoms with Gasteiger partial charge in [0.2, 0.25) is 0 Å². The van der Waals surface area contributed by atoms with Crippen LogP contribution in [-0.2, 0) is 6.61 Å². The smallest absolute Gasteiger partial charge is 0.425 e. The van der Waals surface area contributed by atoms with Crippen LogP contribution in [0.3, 0.4) is 0 Å². The van der Waals surface area contributed by atoms with Gasteiger partial charge in [0.05, 0.1) is 41.5 Å². The Labute approximate surface area is 191 Å². The van der Waals surface area contributed by atoms with Gasteiger partial charge in [-0.3, -0.25) is 15.2 Å². The number of aryl methyl sites for hydroxylation is 1. The lowest BCUT2D eigenvalue weighted by Gasteiger charge is -2.22. The van der Waals surface area contributed by atoms with Crippen LogP contribution in [0.4, 0.5) is 17.6 Å². The number of hydrogen-bond donors (Lipinski definition) is 4. The highest BCUT2D eigenvalue weighted by Crippen LogP contribution is 2.33. The highest BCUT2D eigenvalue weighted by Gasteiger charge is 2.39. The van der Waals surface area contributed by atoms with Gasteiger partial charge in [0, 0.05) is 11.6 Å². The molecule has 1 saturated heterocycles. The fourth-order valence-corrected chi connectivity index (χ4v) is 3.46. The fourth-order valence-electron chi connectivity index (χ4n) is 3.12. The lowest BCUT2D eigenvalue weighted by molar-refractivity contribution is -0.189. The van der Waals surface area contributed by atoms with E-state index in [2.05, 4.69) is 26.1 Å². The first-order chi connectivity index (χ1) is 15.4. The van der Waals surface area contributed by atoms with Gasteiger partial charge < -0.3 is 15.2 Å². The van der Waals surface area contributed by atoms with Gasteiger partial charge in [0.15, 0.2) is 6.10 Å². The van der Waals surface area contributed by atoms with E-state index in [-0.39, 0.29) is 23.0 Å². The van der Waals surface area contributed by atoms with E-state index in [1.807, 2.05) is 0 Å². The number of halogens is 5. The maximum absolute atomic E-state index is 15.0. The zero-order chi connectivity index (χ0) is 24.5. The summed E-state index contributed by atoms with van der Waals surface area (Å²) in [5.41, 5.74) is 4.66. The van der Waals surface area contributed by atoms with E-state index in [0.717, 1.165) is 19.1 Å². The zero-order valence-corrected chi connectivity index (χ0v) is 18.6. The molecule has 0 aliphatic carbocycles. The van der Waals surface area contributed by atoms with Gasteiger partial charge >= 0.3 is 6.18 Å². The number of ether oxygens (including phenoxy) is 1. The van der Waals surface area contributed by atoms with Crippen molar-refractivity contribution in [2.24, 2.45) is 0 Å². The van der Waals surface area contributed by atoms with Crippen molar-refractivity contribution in [1.82, 2.24) is 26.1 Å². The van der Waals surface area contributed by atoms with E-state index >= 15 is 4.39 Å². The fraction of sp³-hybridized carbons (Fsp3) is 0.450. The SMILES string of the molecule is Cc1ncc(-c2cc(O[C@@H](C)C(F)(F)F)c(C(=O)NC3C(C)NNC3Cl)cc2F)nc1CO. The number of carbonyl (C=O) groups excluding carboxylic acids is 1. The van der Waals surface area contributed by atoms with Crippen LogP contribution in [0.25, 0.3) is 11.3 Å². The van der Waals surface area contributed by atoms with E-state index < -0.39 is 53.5 Å². The standard InChI is InChI=1S/C20H22ClF4N5O3/c1-8-15(7-31)27-14(6-26-8)11-5-16(33-10(3)20(23,24)25)12(4-13(11)22)19(32)28-17-9(2)29-30-18(17)21/h4-6,9-10,17-18,29-31H,7H2,1-3H3,(H,28,32)/t9?,10-,17?,18?/m0/s1. The maximum atomic E-state index is 15.0. The molecule has 1 aromatic carbocycles. The summed E-state index contributed by atoms with van der Waals surface area (Å²) in [6.07, 6.45) is -5.81. The molecule has 1 aromatic heterocycles.